The summed E-state index contributed by atoms with van der Waals surface area (Å²) in [6, 6.07) is 0. The van der Waals surface area contributed by atoms with E-state index in [1.807, 2.05) is 0 Å². The highest BCUT2D eigenvalue weighted by Gasteiger charge is 2.29. The van der Waals surface area contributed by atoms with Gasteiger partial charge in [0.1, 0.15) is 9.84 Å². The molecular weight excluding hydrogens is 184 g/mol. The summed E-state index contributed by atoms with van der Waals surface area (Å²) < 4.78 is 22.7. The van der Waals surface area contributed by atoms with Gasteiger partial charge in [0.15, 0.2) is 0 Å². The van der Waals surface area contributed by atoms with E-state index in [1.54, 1.807) is 0 Å². The van der Waals surface area contributed by atoms with Crippen molar-refractivity contribution in [1.82, 2.24) is 0 Å². The van der Waals surface area contributed by atoms with Gasteiger partial charge in [-0.2, -0.15) is 0 Å². The number of rotatable bonds is 2. The summed E-state index contributed by atoms with van der Waals surface area (Å²) >= 11 is 0. The highest BCUT2D eigenvalue weighted by Crippen LogP contribution is 2.32. The smallest absolute Gasteiger partial charge is 0.150 e. The zero-order chi connectivity index (χ0) is 10.1. The first kappa shape index (κ1) is 11.0. The predicted molar refractivity (Wildman–Crippen MR) is 55.4 cm³/mol. The molecule has 1 rings (SSSR count). The fourth-order valence-corrected chi connectivity index (χ4v) is 3.37. The Morgan fingerprint density at radius 1 is 1.23 bits per heavy atom. The average molecular weight is 204 g/mol. The molecule has 0 aromatic rings. The van der Waals surface area contributed by atoms with Crippen LogP contribution < -0.4 is 0 Å². The Hall–Kier alpha value is -0.0500. The Kier molecular flexibility index (Phi) is 3.38. The minimum atomic E-state index is -2.79. The molecule has 1 aliphatic carbocycles. The van der Waals surface area contributed by atoms with Crippen molar-refractivity contribution in [3.05, 3.63) is 0 Å². The third-order valence-electron chi connectivity index (χ3n) is 3.21. The molecule has 2 atom stereocenters. The molecule has 0 N–H and O–H groups in total. The highest BCUT2D eigenvalue weighted by atomic mass is 32.2. The van der Waals surface area contributed by atoms with Gasteiger partial charge in [0, 0.05) is 6.26 Å². The standard InChI is InChI=1S/C10H20O2S/c1-8(2)9-5-4-6-10(7-9)13(3,11)12/h8-10H,4-7H2,1-3H3/t9-,10-/m1/s1. The molecule has 0 heterocycles. The summed E-state index contributed by atoms with van der Waals surface area (Å²) in [4.78, 5) is 0. The molecule has 2 nitrogen and oxygen atoms in total. The van der Waals surface area contributed by atoms with E-state index in [1.165, 1.54) is 12.7 Å². The maximum absolute atomic E-state index is 11.4. The Balaban J connectivity index is 2.62. The van der Waals surface area contributed by atoms with Gasteiger partial charge in [0.25, 0.3) is 0 Å². The van der Waals surface area contributed by atoms with Crippen LogP contribution in [0.5, 0.6) is 0 Å². The zero-order valence-corrected chi connectivity index (χ0v) is 9.60. The fraction of sp³-hybridized carbons (Fsp3) is 1.00. The van der Waals surface area contributed by atoms with E-state index in [4.69, 9.17) is 0 Å². The number of hydrogen-bond donors (Lipinski definition) is 0. The van der Waals surface area contributed by atoms with Crippen LogP contribution in [-0.2, 0) is 9.84 Å². The van der Waals surface area contributed by atoms with Crippen LogP contribution in [0.2, 0.25) is 0 Å². The average Bonchev–Trinajstić information content (AvgIpc) is 2.03. The van der Waals surface area contributed by atoms with Crippen molar-refractivity contribution in [3.8, 4) is 0 Å². The van der Waals surface area contributed by atoms with Crippen LogP contribution >= 0.6 is 0 Å². The Labute approximate surface area is 81.6 Å². The van der Waals surface area contributed by atoms with Gasteiger partial charge in [-0.05, 0) is 24.7 Å². The molecule has 0 aliphatic heterocycles. The maximum atomic E-state index is 11.4. The van der Waals surface area contributed by atoms with Crippen molar-refractivity contribution in [3.63, 3.8) is 0 Å². The lowest BCUT2D eigenvalue weighted by Gasteiger charge is -2.30. The lowest BCUT2D eigenvalue weighted by Crippen LogP contribution is -2.29. The van der Waals surface area contributed by atoms with Crippen molar-refractivity contribution >= 4 is 9.84 Å². The van der Waals surface area contributed by atoms with Crippen LogP contribution in [0.25, 0.3) is 0 Å². The van der Waals surface area contributed by atoms with E-state index in [-0.39, 0.29) is 5.25 Å². The monoisotopic (exact) mass is 204 g/mol. The molecule has 0 amide bonds. The van der Waals surface area contributed by atoms with E-state index >= 15 is 0 Å². The van der Waals surface area contributed by atoms with Crippen LogP contribution in [0.3, 0.4) is 0 Å². The Morgan fingerprint density at radius 2 is 1.85 bits per heavy atom. The van der Waals surface area contributed by atoms with E-state index in [0.29, 0.717) is 11.8 Å². The molecule has 1 aliphatic rings. The van der Waals surface area contributed by atoms with Crippen LogP contribution in [-0.4, -0.2) is 19.9 Å². The first-order valence-electron chi connectivity index (χ1n) is 5.10. The molecule has 13 heavy (non-hydrogen) atoms. The van der Waals surface area contributed by atoms with Gasteiger partial charge in [0.05, 0.1) is 5.25 Å². The van der Waals surface area contributed by atoms with Crippen molar-refractivity contribution in [2.75, 3.05) is 6.26 Å². The predicted octanol–water partition coefficient (Wildman–Crippen LogP) is 2.25. The van der Waals surface area contributed by atoms with Gasteiger partial charge in [-0.25, -0.2) is 8.42 Å². The summed E-state index contributed by atoms with van der Waals surface area (Å²) in [6.07, 6.45) is 5.43. The summed E-state index contributed by atoms with van der Waals surface area (Å²) in [5.74, 6) is 1.25. The third kappa shape index (κ3) is 2.97. The molecule has 78 valence electrons. The molecule has 1 fully saturated rings. The first-order chi connectivity index (χ1) is 5.91. The molecule has 0 radical (unpaired) electrons. The summed E-state index contributed by atoms with van der Waals surface area (Å²) in [5.41, 5.74) is 0. The minimum Gasteiger partial charge on any atom is -0.229 e. The Bertz CT molecular complexity index is 254. The molecule has 0 spiro atoms. The molecule has 0 saturated heterocycles. The molecule has 0 aromatic carbocycles. The second-order valence-electron chi connectivity index (χ2n) is 4.62. The van der Waals surface area contributed by atoms with Crippen LogP contribution in [0, 0.1) is 11.8 Å². The van der Waals surface area contributed by atoms with Gasteiger partial charge in [-0.1, -0.05) is 26.7 Å². The zero-order valence-electron chi connectivity index (χ0n) is 8.79. The Morgan fingerprint density at radius 3 is 2.31 bits per heavy atom. The van der Waals surface area contributed by atoms with Gasteiger partial charge in [-0.15, -0.1) is 0 Å². The summed E-state index contributed by atoms with van der Waals surface area (Å²) in [7, 11) is -2.79. The van der Waals surface area contributed by atoms with Crippen molar-refractivity contribution in [2.45, 2.75) is 44.8 Å². The SMILES string of the molecule is CC(C)[C@@H]1CCC[C@@H](S(C)(=O)=O)C1. The fourth-order valence-electron chi connectivity index (χ4n) is 2.18. The molecule has 1 saturated carbocycles. The second kappa shape index (κ2) is 3.99. The maximum Gasteiger partial charge on any atom is 0.150 e. The van der Waals surface area contributed by atoms with Gasteiger partial charge >= 0.3 is 0 Å². The molecule has 0 aromatic heterocycles. The van der Waals surface area contributed by atoms with Gasteiger partial charge < -0.3 is 0 Å². The van der Waals surface area contributed by atoms with E-state index in [9.17, 15) is 8.42 Å². The second-order valence-corrected chi connectivity index (χ2v) is 6.95. The van der Waals surface area contributed by atoms with Crippen molar-refractivity contribution < 1.29 is 8.42 Å². The quantitative estimate of drug-likeness (QED) is 0.691. The van der Waals surface area contributed by atoms with E-state index in [0.717, 1.165) is 19.3 Å². The van der Waals surface area contributed by atoms with E-state index in [2.05, 4.69) is 13.8 Å². The topological polar surface area (TPSA) is 34.1 Å². The van der Waals surface area contributed by atoms with Gasteiger partial charge in [0.2, 0.25) is 0 Å². The van der Waals surface area contributed by atoms with Crippen LogP contribution in [0.15, 0.2) is 0 Å². The molecule has 3 heteroatoms. The number of sulfone groups is 1. The summed E-state index contributed by atoms with van der Waals surface area (Å²) in [5, 5.41) is -0.0614. The lowest BCUT2D eigenvalue weighted by molar-refractivity contribution is 0.280. The summed E-state index contributed by atoms with van der Waals surface area (Å²) in [6.45, 7) is 4.38. The van der Waals surface area contributed by atoms with Crippen molar-refractivity contribution in [1.29, 1.82) is 0 Å². The molecule has 0 bridgehead atoms. The van der Waals surface area contributed by atoms with Gasteiger partial charge in [-0.3, -0.25) is 0 Å². The largest absolute Gasteiger partial charge is 0.229 e. The lowest BCUT2D eigenvalue weighted by atomic mass is 9.81. The van der Waals surface area contributed by atoms with E-state index < -0.39 is 9.84 Å². The molecule has 0 unspecified atom stereocenters. The highest BCUT2D eigenvalue weighted by molar-refractivity contribution is 7.91. The van der Waals surface area contributed by atoms with Crippen LogP contribution in [0.4, 0.5) is 0 Å². The number of hydrogen-bond acceptors (Lipinski definition) is 2. The first-order valence-corrected chi connectivity index (χ1v) is 7.05. The molecular formula is C10H20O2S. The normalized spacial score (nSPS) is 30.8. The van der Waals surface area contributed by atoms with Crippen LogP contribution in [0.1, 0.15) is 39.5 Å². The third-order valence-corrected chi connectivity index (χ3v) is 4.85. The van der Waals surface area contributed by atoms with Crippen molar-refractivity contribution in [2.24, 2.45) is 11.8 Å². The minimum absolute atomic E-state index is 0.0614.